The summed E-state index contributed by atoms with van der Waals surface area (Å²) in [5, 5.41) is 15.5. The largest absolute Gasteiger partial charge is 0.465 e. The molecule has 0 saturated heterocycles. The van der Waals surface area contributed by atoms with Gasteiger partial charge in [0.2, 0.25) is 5.91 Å². The van der Waals surface area contributed by atoms with Crippen molar-refractivity contribution in [2.45, 2.75) is 65.3 Å². The maximum atomic E-state index is 13.7. The van der Waals surface area contributed by atoms with E-state index in [1.165, 1.54) is 28.8 Å². The highest BCUT2D eigenvalue weighted by molar-refractivity contribution is 5.86. The summed E-state index contributed by atoms with van der Waals surface area (Å²) in [6.45, 7) is 7.89. The number of non-ortho nitro benzene ring substituents is 1. The fourth-order valence-electron chi connectivity index (χ4n) is 4.02. The normalized spacial score (nSPS) is 13.9. The van der Waals surface area contributed by atoms with E-state index in [-0.39, 0.29) is 37.7 Å². The van der Waals surface area contributed by atoms with Crippen LogP contribution in [0.2, 0.25) is 0 Å². The van der Waals surface area contributed by atoms with Gasteiger partial charge in [-0.1, -0.05) is 12.1 Å². The van der Waals surface area contributed by atoms with Gasteiger partial charge in [0, 0.05) is 56.9 Å². The second kappa shape index (κ2) is 11.4. The SMILES string of the molecule is CCOC(=O)Cn1cc2c(n1)CCN(C(=O)[C@H](Cc1ccc([N+](=O)[O-])cc1)N(C)C(=O)OC(C)(C)C)C2. The summed E-state index contributed by atoms with van der Waals surface area (Å²) in [7, 11) is 1.51. The van der Waals surface area contributed by atoms with E-state index in [1.807, 2.05) is 0 Å². The Morgan fingerprint density at radius 1 is 1.22 bits per heavy atom. The van der Waals surface area contributed by atoms with Gasteiger partial charge in [0.25, 0.3) is 5.69 Å². The molecular weight excluding hydrogens is 482 g/mol. The molecule has 2 amide bonds. The van der Waals surface area contributed by atoms with Crippen molar-refractivity contribution in [1.82, 2.24) is 19.6 Å². The van der Waals surface area contributed by atoms with Gasteiger partial charge in [0.05, 0.1) is 17.2 Å². The van der Waals surface area contributed by atoms with Gasteiger partial charge in [0.15, 0.2) is 0 Å². The Hall–Kier alpha value is -3.96. The number of rotatable bonds is 8. The Morgan fingerprint density at radius 2 is 1.89 bits per heavy atom. The number of amides is 2. The number of hydrogen-bond donors (Lipinski definition) is 0. The molecular formula is C25H33N5O7. The summed E-state index contributed by atoms with van der Waals surface area (Å²) in [6.07, 6.45) is 1.73. The molecule has 0 radical (unpaired) electrons. The fraction of sp³-hybridized carbons (Fsp3) is 0.520. The first-order valence-electron chi connectivity index (χ1n) is 12.1. The molecule has 200 valence electrons. The second-order valence-electron chi connectivity index (χ2n) is 9.85. The third-order valence-electron chi connectivity index (χ3n) is 5.82. The highest BCUT2D eigenvalue weighted by Crippen LogP contribution is 2.22. The van der Waals surface area contributed by atoms with E-state index in [1.54, 1.807) is 50.9 Å². The van der Waals surface area contributed by atoms with Crippen LogP contribution in [0.15, 0.2) is 30.5 Å². The molecule has 1 aliphatic rings. The lowest BCUT2D eigenvalue weighted by molar-refractivity contribution is -0.384. The van der Waals surface area contributed by atoms with Crippen molar-refractivity contribution in [1.29, 1.82) is 0 Å². The summed E-state index contributed by atoms with van der Waals surface area (Å²) in [5.41, 5.74) is 1.48. The van der Waals surface area contributed by atoms with E-state index < -0.39 is 28.6 Å². The van der Waals surface area contributed by atoms with Gasteiger partial charge >= 0.3 is 12.1 Å². The minimum absolute atomic E-state index is 0.0149. The van der Waals surface area contributed by atoms with E-state index in [4.69, 9.17) is 9.47 Å². The predicted octanol–water partition coefficient (Wildman–Crippen LogP) is 2.72. The van der Waals surface area contributed by atoms with Crippen molar-refractivity contribution < 1.29 is 28.8 Å². The molecule has 2 heterocycles. The minimum atomic E-state index is -0.896. The van der Waals surface area contributed by atoms with E-state index in [0.29, 0.717) is 18.5 Å². The van der Waals surface area contributed by atoms with Crippen molar-refractivity contribution in [3.63, 3.8) is 0 Å². The summed E-state index contributed by atoms with van der Waals surface area (Å²) in [4.78, 5) is 51.9. The fourth-order valence-corrected chi connectivity index (χ4v) is 4.02. The van der Waals surface area contributed by atoms with Crippen molar-refractivity contribution in [2.24, 2.45) is 0 Å². The molecule has 0 bridgehead atoms. The Morgan fingerprint density at radius 3 is 2.49 bits per heavy atom. The lowest BCUT2D eigenvalue weighted by Crippen LogP contribution is -2.52. The number of nitro groups is 1. The zero-order valence-corrected chi connectivity index (χ0v) is 21.8. The van der Waals surface area contributed by atoms with Crippen LogP contribution in [0, 0.1) is 10.1 Å². The van der Waals surface area contributed by atoms with E-state index in [0.717, 1.165) is 11.3 Å². The number of fused-ring (bicyclic) bond motifs is 1. The molecule has 0 aliphatic carbocycles. The zero-order valence-electron chi connectivity index (χ0n) is 21.8. The van der Waals surface area contributed by atoms with Gasteiger partial charge < -0.3 is 14.4 Å². The van der Waals surface area contributed by atoms with Gasteiger partial charge in [0.1, 0.15) is 18.2 Å². The van der Waals surface area contributed by atoms with Crippen LogP contribution < -0.4 is 0 Å². The number of benzene rings is 1. The Bertz CT molecular complexity index is 1150. The van der Waals surface area contributed by atoms with Crippen LogP contribution >= 0.6 is 0 Å². The van der Waals surface area contributed by atoms with Crippen LogP contribution in [-0.2, 0) is 45.0 Å². The maximum Gasteiger partial charge on any atom is 0.410 e. The van der Waals surface area contributed by atoms with E-state index in [2.05, 4.69) is 5.10 Å². The van der Waals surface area contributed by atoms with Crippen molar-refractivity contribution in [3.8, 4) is 0 Å². The first-order valence-corrected chi connectivity index (χ1v) is 12.1. The molecule has 12 heteroatoms. The molecule has 0 N–H and O–H groups in total. The van der Waals surface area contributed by atoms with Gasteiger partial charge in [-0.15, -0.1) is 0 Å². The Labute approximate surface area is 215 Å². The number of esters is 1. The molecule has 1 aromatic heterocycles. The summed E-state index contributed by atoms with van der Waals surface area (Å²) >= 11 is 0. The molecule has 1 aliphatic heterocycles. The Balaban J connectivity index is 1.81. The number of carbonyl (C=O) groups excluding carboxylic acids is 3. The van der Waals surface area contributed by atoms with Crippen LogP contribution in [0.4, 0.5) is 10.5 Å². The minimum Gasteiger partial charge on any atom is -0.465 e. The molecule has 0 fully saturated rings. The predicted molar refractivity (Wildman–Crippen MR) is 133 cm³/mol. The van der Waals surface area contributed by atoms with Gasteiger partial charge in [-0.3, -0.25) is 29.3 Å². The highest BCUT2D eigenvalue weighted by atomic mass is 16.6. The number of carbonyl (C=O) groups is 3. The smallest absolute Gasteiger partial charge is 0.410 e. The maximum absolute atomic E-state index is 13.7. The molecule has 37 heavy (non-hydrogen) atoms. The number of aromatic nitrogens is 2. The third-order valence-corrected chi connectivity index (χ3v) is 5.82. The van der Waals surface area contributed by atoms with Crippen molar-refractivity contribution in [2.75, 3.05) is 20.2 Å². The number of ether oxygens (including phenoxy) is 2. The monoisotopic (exact) mass is 515 g/mol. The first kappa shape index (κ1) is 27.6. The number of likely N-dealkylation sites (N-methyl/N-ethyl adjacent to an activating group) is 1. The summed E-state index contributed by atoms with van der Waals surface area (Å²) in [5.74, 6) is -0.673. The quantitative estimate of drug-likeness (QED) is 0.297. The van der Waals surface area contributed by atoms with Crippen LogP contribution in [0.1, 0.15) is 44.5 Å². The van der Waals surface area contributed by atoms with E-state index >= 15 is 0 Å². The molecule has 1 atom stereocenters. The van der Waals surface area contributed by atoms with Gasteiger partial charge in [-0.2, -0.15) is 5.10 Å². The number of nitro benzene ring substituents is 1. The molecule has 0 spiro atoms. The van der Waals surface area contributed by atoms with Gasteiger partial charge in [-0.05, 0) is 33.3 Å². The van der Waals surface area contributed by atoms with Gasteiger partial charge in [-0.25, -0.2) is 4.79 Å². The van der Waals surface area contributed by atoms with Crippen molar-refractivity contribution in [3.05, 3.63) is 57.4 Å². The lowest BCUT2D eigenvalue weighted by atomic mass is 10.0. The number of nitrogens with zero attached hydrogens (tertiary/aromatic N) is 5. The summed E-state index contributed by atoms with van der Waals surface area (Å²) < 4.78 is 12.0. The highest BCUT2D eigenvalue weighted by Gasteiger charge is 2.35. The third kappa shape index (κ3) is 7.28. The van der Waals surface area contributed by atoms with Crippen LogP contribution in [0.3, 0.4) is 0 Å². The zero-order chi connectivity index (χ0) is 27.3. The average molecular weight is 516 g/mol. The summed E-state index contributed by atoms with van der Waals surface area (Å²) in [6, 6.07) is 5.00. The van der Waals surface area contributed by atoms with Crippen LogP contribution in [0.25, 0.3) is 0 Å². The molecule has 1 aromatic carbocycles. The van der Waals surface area contributed by atoms with Crippen LogP contribution in [-0.4, -0.2) is 74.3 Å². The molecule has 3 rings (SSSR count). The molecule has 0 unspecified atom stereocenters. The van der Waals surface area contributed by atoms with Crippen molar-refractivity contribution >= 4 is 23.7 Å². The molecule has 0 saturated carbocycles. The first-order chi connectivity index (χ1) is 17.4. The Kier molecular flexibility index (Phi) is 8.51. The molecule has 2 aromatic rings. The lowest BCUT2D eigenvalue weighted by Gasteiger charge is -2.35. The standard InChI is InChI=1S/C25H33N5O7/c1-6-36-22(31)16-29-15-18-14-28(12-11-20(18)26-29)23(32)21(27(5)24(33)37-25(2,3)4)13-17-7-9-19(10-8-17)30(34)35/h7-10,15,21H,6,11-14,16H2,1-5H3/t21-/m0/s1. The average Bonchev–Trinajstić information content (AvgIpc) is 3.22. The molecule has 12 nitrogen and oxygen atoms in total. The van der Waals surface area contributed by atoms with E-state index in [9.17, 15) is 24.5 Å². The second-order valence-corrected chi connectivity index (χ2v) is 9.85. The topological polar surface area (TPSA) is 137 Å². The number of hydrogen-bond acceptors (Lipinski definition) is 8. The van der Waals surface area contributed by atoms with Crippen LogP contribution in [0.5, 0.6) is 0 Å².